The lowest BCUT2D eigenvalue weighted by molar-refractivity contribution is 0.628. The zero-order valence-electron chi connectivity index (χ0n) is 12.8. The molecule has 0 bridgehead atoms. The maximum Gasteiger partial charge on any atom is 0.134 e. The van der Waals surface area contributed by atoms with Crippen LogP contribution in [0.3, 0.4) is 0 Å². The van der Waals surface area contributed by atoms with Gasteiger partial charge in [0.05, 0.1) is 6.54 Å². The summed E-state index contributed by atoms with van der Waals surface area (Å²) in [5.74, 6) is -0.214. The van der Waals surface area contributed by atoms with Crippen LogP contribution in [0.2, 0.25) is 5.02 Å². The molecule has 4 heteroatoms. The Balaban J connectivity index is 1.71. The van der Waals surface area contributed by atoms with Crippen molar-refractivity contribution in [3.63, 3.8) is 0 Å². The molecule has 1 atom stereocenters. The molecule has 1 saturated heterocycles. The topological polar surface area (TPSA) is 3.01 Å². The van der Waals surface area contributed by atoms with Crippen LogP contribution in [-0.2, 0) is 4.87 Å². The van der Waals surface area contributed by atoms with Crippen molar-refractivity contribution < 1.29 is 4.39 Å². The van der Waals surface area contributed by atoms with Gasteiger partial charge in [0, 0.05) is 15.6 Å². The van der Waals surface area contributed by atoms with Crippen molar-refractivity contribution in [2.75, 3.05) is 11.4 Å². The first-order chi connectivity index (χ1) is 11.7. The van der Waals surface area contributed by atoms with Crippen molar-refractivity contribution in [3.05, 3.63) is 95.3 Å². The van der Waals surface area contributed by atoms with Gasteiger partial charge in [0.25, 0.3) is 0 Å². The normalized spacial score (nSPS) is 19.3. The predicted molar refractivity (Wildman–Crippen MR) is 99.2 cm³/mol. The van der Waals surface area contributed by atoms with Crippen molar-refractivity contribution in [2.45, 2.75) is 9.77 Å². The Kier molecular flexibility index (Phi) is 3.99. The Morgan fingerprint density at radius 1 is 0.875 bits per heavy atom. The first kappa shape index (κ1) is 15.6. The Labute approximate surface area is 150 Å². The standard InChI is InChI=1S/C20H15ClFNS/c21-16-8-6-15(7-9-16)20(24-19-4-2-1-3-5-19)14-23(20)18-12-10-17(22)11-13-18/h1-13H,14H2/t20-,23?/m0/s1. The first-order valence-corrected chi connectivity index (χ1v) is 8.90. The second-order valence-electron chi connectivity index (χ2n) is 5.77. The molecular weight excluding hydrogens is 341 g/mol. The quantitative estimate of drug-likeness (QED) is 0.532. The minimum absolute atomic E-state index is 0.177. The molecular formula is C20H15ClFNS. The number of hydrogen-bond acceptors (Lipinski definition) is 2. The highest BCUT2D eigenvalue weighted by Gasteiger charge is 2.54. The highest BCUT2D eigenvalue weighted by Crippen LogP contribution is 2.56. The van der Waals surface area contributed by atoms with Crippen molar-refractivity contribution in [3.8, 4) is 0 Å². The van der Waals surface area contributed by atoms with E-state index in [-0.39, 0.29) is 10.7 Å². The van der Waals surface area contributed by atoms with Crippen molar-refractivity contribution in [1.82, 2.24) is 0 Å². The van der Waals surface area contributed by atoms with E-state index in [0.717, 1.165) is 17.3 Å². The van der Waals surface area contributed by atoms with Gasteiger partial charge >= 0.3 is 0 Å². The molecule has 3 aromatic carbocycles. The molecule has 0 N–H and O–H groups in total. The summed E-state index contributed by atoms with van der Waals surface area (Å²) in [7, 11) is 0. The van der Waals surface area contributed by atoms with Crippen LogP contribution in [0.1, 0.15) is 5.56 Å². The van der Waals surface area contributed by atoms with Crippen LogP contribution in [0.25, 0.3) is 0 Å². The van der Waals surface area contributed by atoms with E-state index in [1.54, 1.807) is 0 Å². The van der Waals surface area contributed by atoms with Gasteiger partial charge in [-0.15, -0.1) is 0 Å². The SMILES string of the molecule is Fc1ccc(N2C[C@]2(Sc2ccccc2)c2ccc(Cl)cc2)cc1. The lowest BCUT2D eigenvalue weighted by Crippen LogP contribution is -2.11. The van der Waals surface area contributed by atoms with Gasteiger partial charge in [-0.1, -0.05) is 53.7 Å². The molecule has 1 heterocycles. The Morgan fingerprint density at radius 2 is 1.54 bits per heavy atom. The van der Waals surface area contributed by atoms with Gasteiger partial charge in [-0.25, -0.2) is 4.39 Å². The van der Waals surface area contributed by atoms with Crippen molar-refractivity contribution >= 4 is 29.1 Å². The first-order valence-electron chi connectivity index (χ1n) is 7.71. The molecule has 1 aliphatic rings. The van der Waals surface area contributed by atoms with Crippen LogP contribution in [0, 0.1) is 5.82 Å². The Hall–Kier alpha value is -1.97. The smallest absolute Gasteiger partial charge is 0.134 e. The van der Waals surface area contributed by atoms with E-state index < -0.39 is 0 Å². The highest BCUT2D eigenvalue weighted by molar-refractivity contribution is 8.00. The summed E-state index contributed by atoms with van der Waals surface area (Å²) < 4.78 is 13.2. The molecule has 1 aliphatic heterocycles. The van der Waals surface area contributed by atoms with E-state index >= 15 is 0 Å². The summed E-state index contributed by atoms with van der Waals surface area (Å²) >= 11 is 7.86. The van der Waals surface area contributed by atoms with Crippen LogP contribution in [0.4, 0.5) is 10.1 Å². The van der Waals surface area contributed by atoms with E-state index in [1.165, 1.54) is 22.6 Å². The zero-order valence-corrected chi connectivity index (χ0v) is 14.4. The van der Waals surface area contributed by atoms with E-state index in [1.807, 2.05) is 54.2 Å². The number of nitrogens with zero attached hydrogens (tertiary/aromatic N) is 1. The Morgan fingerprint density at radius 3 is 2.21 bits per heavy atom. The Bertz CT molecular complexity index is 836. The molecule has 120 valence electrons. The van der Waals surface area contributed by atoms with Gasteiger partial charge in [0.15, 0.2) is 0 Å². The van der Waals surface area contributed by atoms with Gasteiger partial charge in [-0.3, -0.25) is 0 Å². The lowest BCUT2D eigenvalue weighted by Gasteiger charge is -2.19. The lowest BCUT2D eigenvalue weighted by atomic mass is 10.1. The number of rotatable bonds is 4. The fourth-order valence-corrected chi connectivity index (χ4v) is 4.36. The van der Waals surface area contributed by atoms with Gasteiger partial charge < -0.3 is 4.90 Å². The molecule has 1 nitrogen and oxygen atoms in total. The monoisotopic (exact) mass is 355 g/mol. The minimum Gasteiger partial charge on any atom is -0.348 e. The molecule has 0 spiro atoms. The summed E-state index contributed by atoms with van der Waals surface area (Å²) in [5, 5.41) is 0.729. The van der Waals surface area contributed by atoms with Crippen molar-refractivity contribution in [2.24, 2.45) is 0 Å². The number of hydrogen-bond donors (Lipinski definition) is 0. The number of anilines is 1. The van der Waals surface area contributed by atoms with Gasteiger partial charge in [-0.2, -0.15) is 0 Å². The van der Waals surface area contributed by atoms with Gasteiger partial charge in [-0.05, 0) is 54.1 Å². The van der Waals surface area contributed by atoms with E-state index in [0.29, 0.717) is 0 Å². The van der Waals surface area contributed by atoms with Crippen LogP contribution in [0.15, 0.2) is 83.8 Å². The summed E-state index contributed by atoms with van der Waals surface area (Å²) in [6, 6.07) is 25.0. The summed E-state index contributed by atoms with van der Waals surface area (Å²) in [6.07, 6.45) is 0. The average molecular weight is 356 g/mol. The molecule has 3 aromatic rings. The zero-order chi connectivity index (χ0) is 16.6. The molecule has 0 unspecified atom stereocenters. The molecule has 0 aromatic heterocycles. The molecule has 24 heavy (non-hydrogen) atoms. The van der Waals surface area contributed by atoms with Crippen LogP contribution in [0.5, 0.6) is 0 Å². The van der Waals surface area contributed by atoms with E-state index in [9.17, 15) is 4.39 Å². The highest BCUT2D eigenvalue weighted by atomic mass is 35.5. The molecule has 1 fully saturated rings. The molecule has 0 saturated carbocycles. The third kappa shape index (κ3) is 2.90. The second-order valence-corrected chi connectivity index (χ2v) is 7.56. The third-order valence-corrected chi connectivity index (χ3v) is 5.85. The molecule has 0 radical (unpaired) electrons. The van der Waals surface area contributed by atoms with Crippen molar-refractivity contribution in [1.29, 1.82) is 0 Å². The summed E-state index contributed by atoms with van der Waals surface area (Å²) in [4.78, 5) is 3.31. The van der Waals surface area contributed by atoms with Gasteiger partial charge in [0.2, 0.25) is 0 Å². The predicted octanol–water partition coefficient (Wildman–Crippen LogP) is 5.94. The molecule has 0 amide bonds. The molecule has 4 rings (SSSR count). The average Bonchev–Trinajstić information content (AvgIpc) is 3.32. The van der Waals surface area contributed by atoms with Crippen LogP contribution < -0.4 is 4.90 Å². The number of benzene rings is 3. The number of thioether (sulfide) groups is 1. The minimum atomic E-state index is -0.214. The van der Waals surface area contributed by atoms with E-state index in [2.05, 4.69) is 29.2 Å². The maximum atomic E-state index is 13.2. The third-order valence-electron chi connectivity index (χ3n) is 4.17. The summed E-state index contributed by atoms with van der Waals surface area (Å²) in [5.41, 5.74) is 2.22. The fourth-order valence-electron chi connectivity index (χ4n) is 2.89. The van der Waals surface area contributed by atoms with Crippen LogP contribution >= 0.6 is 23.4 Å². The fraction of sp³-hybridized carbons (Fsp3) is 0.100. The largest absolute Gasteiger partial charge is 0.348 e. The maximum absolute atomic E-state index is 13.2. The number of halogens is 2. The van der Waals surface area contributed by atoms with E-state index in [4.69, 9.17) is 11.6 Å². The van der Waals surface area contributed by atoms with Crippen LogP contribution in [-0.4, -0.2) is 6.54 Å². The van der Waals surface area contributed by atoms with Gasteiger partial charge in [0.1, 0.15) is 10.7 Å². The summed E-state index contributed by atoms with van der Waals surface area (Å²) in [6.45, 7) is 0.875. The molecule has 0 aliphatic carbocycles. The second kappa shape index (κ2) is 6.15.